The molecular formula is C7H12N2OS. The normalized spacial score (nSPS) is 10.8. The summed E-state index contributed by atoms with van der Waals surface area (Å²) in [6.07, 6.45) is 1.67. The molecular weight excluding hydrogens is 160 g/mol. The highest BCUT2D eigenvalue weighted by Crippen LogP contribution is 2.20. The lowest BCUT2D eigenvalue weighted by Gasteiger charge is -2.01. The van der Waals surface area contributed by atoms with E-state index in [1.54, 1.807) is 6.20 Å². The Balaban J connectivity index is 2.44. The lowest BCUT2D eigenvalue weighted by Crippen LogP contribution is -1.91. The minimum absolute atomic E-state index is 0.443. The van der Waals surface area contributed by atoms with Crippen molar-refractivity contribution in [1.82, 2.24) is 5.16 Å². The van der Waals surface area contributed by atoms with E-state index in [2.05, 4.69) is 19.0 Å². The summed E-state index contributed by atoms with van der Waals surface area (Å²) < 4.78 is 4.71. The first-order valence-corrected chi connectivity index (χ1v) is 4.55. The molecule has 0 bridgehead atoms. The second-order valence-corrected chi connectivity index (χ2v) is 4.14. The highest BCUT2D eigenvalue weighted by atomic mass is 32.2. The zero-order chi connectivity index (χ0) is 8.27. The van der Waals surface area contributed by atoms with E-state index >= 15 is 0 Å². The molecule has 4 heteroatoms. The highest BCUT2D eigenvalue weighted by Gasteiger charge is 2.04. The zero-order valence-corrected chi connectivity index (χ0v) is 7.52. The summed E-state index contributed by atoms with van der Waals surface area (Å²) in [5.41, 5.74) is 6.47. The third kappa shape index (κ3) is 2.46. The van der Waals surface area contributed by atoms with Crippen molar-refractivity contribution in [2.45, 2.75) is 24.9 Å². The average Bonchev–Trinajstić information content (AvgIpc) is 2.31. The van der Waals surface area contributed by atoms with Gasteiger partial charge in [0.25, 0.3) is 0 Å². The summed E-state index contributed by atoms with van der Waals surface area (Å²) in [7, 11) is 0. The molecule has 0 fully saturated rings. The van der Waals surface area contributed by atoms with E-state index in [0.29, 0.717) is 11.1 Å². The molecule has 0 amide bonds. The zero-order valence-electron chi connectivity index (χ0n) is 6.70. The Morgan fingerprint density at radius 1 is 1.73 bits per heavy atom. The van der Waals surface area contributed by atoms with Crippen molar-refractivity contribution in [1.29, 1.82) is 0 Å². The van der Waals surface area contributed by atoms with Gasteiger partial charge in [0.1, 0.15) is 0 Å². The summed E-state index contributed by atoms with van der Waals surface area (Å²) in [6, 6.07) is 0. The standard InChI is InChI=1S/C7H12N2OS/c1-5(2)11-4-6-3-9-10-7(6)8/h3,5H,4,8H2,1-2H3. The maximum absolute atomic E-state index is 5.48. The Morgan fingerprint density at radius 2 is 2.45 bits per heavy atom. The van der Waals surface area contributed by atoms with E-state index in [-0.39, 0.29) is 0 Å². The van der Waals surface area contributed by atoms with E-state index in [1.165, 1.54) is 0 Å². The molecule has 0 atom stereocenters. The van der Waals surface area contributed by atoms with E-state index in [0.717, 1.165) is 11.3 Å². The van der Waals surface area contributed by atoms with Gasteiger partial charge in [0.05, 0.1) is 6.20 Å². The number of rotatable bonds is 3. The van der Waals surface area contributed by atoms with Crippen LogP contribution in [0.5, 0.6) is 0 Å². The monoisotopic (exact) mass is 172 g/mol. The number of aromatic nitrogens is 1. The molecule has 0 saturated heterocycles. The van der Waals surface area contributed by atoms with Crippen molar-refractivity contribution < 1.29 is 4.52 Å². The molecule has 0 aliphatic rings. The Kier molecular flexibility index (Phi) is 2.82. The second-order valence-electron chi connectivity index (χ2n) is 2.58. The van der Waals surface area contributed by atoms with Gasteiger partial charge in [-0.2, -0.15) is 11.8 Å². The molecule has 0 aliphatic carbocycles. The van der Waals surface area contributed by atoms with Gasteiger partial charge < -0.3 is 10.3 Å². The van der Waals surface area contributed by atoms with Gasteiger partial charge >= 0.3 is 0 Å². The summed E-state index contributed by atoms with van der Waals surface area (Å²) in [5.74, 6) is 1.32. The fraction of sp³-hybridized carbons (Fsp3) is 0.571. The molecule has 0 spiro atoms. The van der Waals surface area contributed by atoms with Crippen molar-refractivity contribution in [3.8, 4) is 0 Å². The molecule has 11 heavy (non-hydrogen) atoms. The minimum atomic E-state index is 0.443. The molecule has 0 radical (unpaired) electrons. The third-order valence-electron chi connectivity index (χ3n) is 1.25. The molecule has 1 rings (SSSR count). The summed E-state index contributed by atoms with van der Waals surface area (Å²) in [6.45, 7) is 4.29. The van der Waals surface area contributed by atoms with E-state index in [4.69, 9.17) is 10.3 Å². The number of nitrogen functional groups attached to an aromatic ring is 1. The maximum Gasteiger partial charge on any atom is 0.226 e. The summed E-state index contributed by atoms with van der Waals surface area (Å²) >= 11 is 1.82. The van der Waals surface area contributed by atoms with Crippen molar-refractivity contribution >= 4 is 17.6 Å². The summed E-state index contributed by atoms with van der Waals surface area (Å²) in [5, 5.41) is 4.20. The van der Waals surface area contributed by atoms with Gasteiger partial charge in [-0.15, -0.1) is 0 Å². The topological polar surface area (TPSA) is 52.0 Å². The first-order chi connectivity index (χ1) is 5.20. The number of anilines is 1. The predicted molar refractivity (Wildman–Crippen MR) is 47.3 cm³/mol. The van der Waals surface area contributed by atoms with E-state index in [9.17, 15) is 0 Å². The summed E-state index contributed by atoms with van der Waals surface area (Å²) in [4.78, 5) is 0. The molecule has 2 N–H and O–H groups in total. The quantitative estimate of drug-likeness (QED) is 0.756. The van der Waals surface area contributed by atoms with Gasteiger partial charge in [-0.05, 0) is 5.25 Å². The largest absolute Gasteiger partial charge is 0.367 e. The van der Waals surface area contributed by atoms with Gasteiger partial charge in [-0.25, -0.2) is 0 Å². The van der Waals surface area contributed by atoms with Gasteiger partial charge in [-0.3, -0.25) is 0 Å². The third-order valence-corrected chi connectivity index (χ3v) is 2.39. The number of nitrogens with two attached hydrogens (primary N) is 1. The van der Waals surface area contributed by atoms with Crippen molar-refractivity contribution in [3.05, 3.63) is 11.8 Å². The van der Waals surface area contributed by atoms with Crippen LogP contribution < -0.4 is 5.73 Å². The van der Waals surface area contributed by atoms with Crippen LogP contribution in [0.25, 0.3) is 0 Å². The Morgan fingerprint density at radius 3 is 2.91 bits per heavy atom. The number of nitrogens with zero attached hydrogens (tertiary/aromatic N) is 1. The lowest BCUT2D eigenvalue weighted by atomic mass is 10.4. The Hall–Kier alpha value is -0.640. The number of hydrogen-bond donors (Lipinski definition) is 1. The van der Waals surface area contributed by atoms with Crippen LogP contribution in [-0.2, 0) is 5.75 Å². The van der Waals surface area contributed by atoms with Crippen LogP contribution in [-0.4, -0.2) is 10.4 Å². The first kappa shape index (κ1) is 8.46. The molecule has 0 unspecified atom stereocenters. The van der Waals surface area contributed by atoms with Crippen molar-refractivity contribution in [3.63, 3.8) is 0 Å². The van der Waals surface area contributed by atoms with Crippen LogP contribution in [0.4, 0.5) is 5.88 Å². The van der Waals surface area contributed by atoms with Crippen LogP contribution in [0.15, 0.2) is 10.7 Å². The van der Waals surface area contributed by atoms with Crippen LogP contribution in [0, 0.1) is 0 Å². The molecule has 1 aromatic rings. The Bertz CT molecular complexity index is 222. The molecule has 1 heterocycles. The molecule has 0 saturated carbocycles. The van der Waals surface area contributed by atoms with Crippen LogP contribution in [0.1, 0.15) is 19.4 Å². The molecule has 3 nitrogen and oxygen atoms in total. The predicted octanol–water partition coefficient (Wildman–Crippen LogP) is 1.90. The van der Waals surface area contributed by atoms with Crippen LogP contribution in [0.3, 0.4) is 0 Å². The molecule has 62 valence electrons. The SMILES string of the molecule is CC(C)SCc1cnoc1N. The Labute approximate surface area is 70.3 Å². The number of hydrogen-bond acceptors (Lipinski definition) is 4. The molecule has 1 aromatic heterocycles. The number of thioether (sulfide) groups is 1. The van der Waals surface area contributed by atoms with Crippen LogP contribution in [0.2, 0.25) is 0 Å². The smallest absolute Gasteiger partial charge is 0.226 e. The van der Waals surface area contributed by atoms with Crippen molar-refractivity contribution in [2.75, 3.05) is 5.73 Å². The van der Waals surface area contributed by atoms with E-state index in [1.807, 2.05) is 11.8 Å². The van der Waals surface area contributed by atoms with Gasteiger partial charge in [0, 0.05) is 11.3 Å². The van der Waals surface area contributed by atoms with Gasteiger partial charge in [-0.1, -0.05) is 19.0 Å². The maximum atomic E-state index is 5.48. The fourth-order valence-electron chi connectivity index (χ4n) is 0.634. The highest BCUT2D eigenvalue weighted by molar-refractivity contribution is 7.99. The second kappa shape index (κ2) is 3.67. The fourth-order valence-corrected chi connectivity index (χ4v) is 1.36. The van der Waals surface area contributed by atoms with Crippen LogP contribution >= 0.6 is 11.8 Å². The minimum Gasteiger partial charge on any atom is -0.367 e. The molecule has 0 aliphatic heterocycles. The average molecular weight is 172 g/mol. The lowest BCUT2D eigenvalue weighted by molar-refractivity contribution is 0.436. The van der Waals surface area contributed by atoms with Gasteiger partial charge in [0.2, 0.25) is 5.88 Å². The molecule has 0 aromatic carbocycles. The first-order valence-electron chi connectivity index (χ1n) is 3.50. The van der Waals surface area contributed by atoms with Gasteiger partial charge in [0.15, 0.2) is 0 Å². The van der Waals surface area contributed by atoms with E-state index < -0.39 is 0 Å². The van der Waals surface area contributed by atoms with Crippen molar-refractivity contribution in [2.24, 2.45) is 0 Å².